The van der Waals surface area contributed by atoms with Crippen LogP contribution < -0.4 is 4.74 Å². The Morgan fingerprint density at radius 1 is 1.00 bits per heavy atom. The Balaban J connectivity index is 1.55. The number of aromatic nitrogens is 5. The number of rotatable bonds is 4. The van der Waals surface area contributed by atoms with Crippen LogP contribution in [0.1, 0.15) is 11.3 Å². The first-order valence-electron chi connectivity index (χ1n) is 8.93. The van der Waals surface area contributed by atoms with Crippen molar-refractivity contribution in [1.29, 1.82) is 0 Å². The third-order valence-corrected chi connectivity index (χ3v) is 4.73. The van der Waals surface area contributed by atoms with Crippen LogP contribution in [0.4, 0.5) is 0 Å². The molecule has 28 heavy (non-hydrogen) atoms. The molecule has 138 valence electrons. The van der Waals surface area contributed by atoms with Crippen molar-refractivity contribution >= 4 is 22.1 Å². The first kappa shape index (κ1) is 16.4. The van der Waals surface area contributed by atoms with Gasteiger partial charge < -0.3 is 4.74 Å². The number of fused-ring (bicyclic) bond motifs is 2. The van der Waals surface area contributed by atoms with Gasteiger partial charge in [-0.1, -0.05) is 36.4 Å². The van der Waals surface area contributed by atoms with Crippen molar-refractivity contribution in [3.8, 4) is 17.0 Å². The third-order valence-electron chi connectivity index (χ3n) is 4.73. The number of hydrogen-bond acceptors (Lipinski definition) is 6. The molecule has 0 aliphatic heterocycles. The molecule has 0 N–H and O–H groups in total. The van der Waals surface area contributed by atoms with Crippen molar-refractivity contribution in [3.63, 3.8) is 0 Å². The van der Waals surface area contributed by atoms with Crippen molar-refractivity contribution < 1.29 is 9.37 Å². The molecule has 0 saturated carbocycles. The Kier molecular flexibility index (Phi) is 3.79. The van der Waals surface area contributed by atoms with Gasteiger partial charge in [-0.25, -0.2) is 4.63 Å². The molecular formula is C21H17N5O2. The monoisotopic (exact) mass is 371 g/mol. The van der Waals surface area contributed by atoms with Crippen molar-refractivity contribution in [2.24, 2.45) is 7.05 Å². The van der Waals surface area contributed by atoms with Gasteiger partial charge >= 0.3 is 0 Å². The van der Waals surface area contributed by atoms with E-state index >= 15 is 0 Å². The molecule has 5 rings (SSSR count). The summed E-state index contributed by atoms with van der Waals surface area (Å²) in [5.41, 5.74) is 6.29. The molecule has 7 heteroatoms. The number of pyridine rings is 1. The van der Waals surface area contributed by atoms with Crippen LogP contribution in [0, 0.1) is 6.92 Å². The molecule has 3 heterocycles. The minimum absolute atomic E-state index is 0.367. The maximum absolute atomic E-state index is 6.02. The van der Waals surface area contributed by atoms with Crippen molar-refractivity contribution in [2.45, 2.75) is 13.5 Å². The van der Waals surface area contributed by atoms with E-state index in [4.69, 9.17) is 9.37 Å². The zero-order valence-electron chi connectivity index (χ0n) is 15.5. The molecule has 0 amide bonds. The van der Waals surface area contributed by atoms with E-state index in [9.17, 15) is 0 Å². The number of hydrogen-bond donors (Lipinski definition) is 0. The highest BCUT2D eigenvalue weighted by Crippen LogP contribution is 2.33. The summed E-state index contributed by atoms with van der Waals surface area (Å²) >= 11 is 0. The molecule has 0 bridgehead atoms. The summed E-state index contributed by atoms with van der Waals surface area (Å²) in [6.45, 7) is 2.37. The van der Waals surface area contributed by atoms with Crippen LogP contribution in [0.2, 0.25) is 0 Å². The van der Waals surface area contributed by atoms with Crippen LogP contribution in [-0.4, -0.2) is 25.1 Å². The van der Waals surface area contributed by atoms with Crippen LogP contribution in [0.15, 0.2) is 59.2 Å². The van der Waals surface area contributed by atoms with Gasteiger partial charge in [0.1, 0.15) is 17.6 Å². The highest BCUT2D eigenvalue weighted by Gasteiger charge is 2.15. The lowest BCUT2D eigenvalue weighted by Crippen LogP contribution is -2.00. The second-order valence-corrected chi connectivity index (χ2v) is 6.66. The number of ether oxygens (including phenoxy) is 1. The second-order valence-electron chi connectivity index (χ2n) is 6.66. The Morgan fingerprint density at radius 2 is 1.82 bits per heavy atom. The minimum atomic E-state index is 0.367. The highest BCUT2D eigenvalue weighted by molar-refractivity contribution is 5.95. The van der Waals surface area contributed by atoms with E-state index in [0.717, 1.165) is 38.9 Å². The molecular weight excluding hydrogens is 354 g/mol. The molecule has 0 aliphatic rings. The first-order chi connectivity index (χ1) is 13.7. The Labute approximate surface area is 160 Å². The summed E-state index contributed by atoms with van der Waals surface area (Å²) in [7, 11) is 1.90. The van der Waals surface area contributed by atoms with Gasteiger partial charge in [0.15, 0.2) is 5.65 Å². The summed E-state index contributed by atoms with van der Waals surface area (Å²) in [6.07, 6.45) is 0. The molecule has 0 fully saturated rings. The summed E-state index contributed by atoms with van der Waals surface area (Å²) in [4.78, 5) is 4.68. The first-order valence-corrected chi connectivity index (χ1v) is 8.93. The lowest BCUT2D eigenvalue weighted by Gasteiger charge is -2.10. The maximum atomic E-state index is 6.02. The van der Waals surface area contributed by atoms with Crippen molar-refractivity contribution in [2.75, 3.05) is 0 Å². The maximum Gasteiger partial charge on any atom is 0.216 e. The fraction of sp³-hybridized carbons (Fsp3) is 0.143. The number of nitrogens with zero attached hydrogens (tertiary/aromatic N) is 5. The topological polar surface area (TPSA) is 78.9 Å². The normalized spacial score (nSPS) is 11.4. The molecule has 0 spiro atoms. The fourth-order valence-electron chi connectivity index (χ4n) is 3.42. The average molecular weight is 371 g/mol. The van der Waals surface area contributed by atoms with Crippen LogP contribution in [0.5, 0.6) is 5.88 Å². The van der Waals surface area contributed by atoms with Crippen LogP contribution in [0.3, 0.4) is 0 Å². The quantitative estimate of drug-likeness (QED) is 0.474. The van der Waals surface area contributed by atoms with Crippen molar-refractivity contribution in [1.82, 2.24) is 25.1 Å². The van der Waals surface area contributed by atoms with Crippen LogP contribution >= 0.6 is 0 Å². The molecule has 5 aromatic rings. The average Bonchev–Trinajstić information content (AvgIpc) is 3.30. The summed E-state index contributed by atoms with van der Waals surface area (Å²) in [5.74, 6) is 0.549. The van der Waals surface area contributed by atoms with Gasteiger partial charge in [0.05, 0.1) is 11.1 Å². The second kappa shape index (κ2) is 6.45. The standard InChI is InChI=1S/C21H17N5O2/c1-13-20-16(15-6-4-3-5-7-15)11-19(22-21(20)26(2)23-13)27-12-14-8-9-17-18(10-14)25-28-24-17/h3-11H,12H2,1-2H3. The molecule has 3 aromatic heterocycles. The van der Waals surface area contributed by atoms with E-state index in [1.807, 2.05) is 56.4 Å². The summed E-state index contributed by atoms with van der Waals surface area (Å²) in [5, 5.41) is 13.3. The zero-order chi connectivity index (χ0) is 19.1. The van der Waals surface area contributed by atoms with Gasteiger partial charge in [0.2, 0.25) is 5.88 Å². The van der Waals surface area contributed by atoms with Gasteiger partial charge in [-0.05, 0) is 46.1 Å². The predicted octanol–water partition coefficient (Wildman–Crippen LogP) is 4.06. The molecule has 7 nitrogen and oxygen atoms in total. The van der Waals surface area contributed by atoms with E-state index in [1.165, 1.54) is 0 Å². The Hall–Kier alpha value is -3.74. The molecule has 0 aliphatic carbocycles. The third kappa shape index (κ3) is 2.77. The van der Waals surface area contributed by atoms with Gasteiger partial charge in [-0.2, -0.15) is 10.1 Å². The molecule has 2 aromatic carbocycles. The Bertz CT molecular complexity index is 1290. The van der Waals surface area contributed by atoms with E-state index in [1.54, 1.807) is 4.68 Å². The largest absolute Gasteiger partial charge is 0.473 e. The van der Waals surface area contributed by atoms with Crippen LogP contribution in [-0.2, 0) is 13.7 Å². The van der Waals surface area contributed by atoms with Gasteiger partial charge in [-0.3, -0.25) is 4.68 Å². The smallest absolute Gasteiger partial charge is 0.216 e. The van der Waals surface area contributed by atoms with E-state index < -0.39 is 0 Å². The van der Waals surface area contributed by atoms with E-state index in [2.05, 4.69) is 32.5 Å². The zero-order valence-corrected chi connectivity index (χ0v) is 15.5. The number of benzene rings is 2. The number of aryl methyl sites for hydroxylation is 2. The van der Waals surface area contributed by atoms with Crippen LogP contribution in [0.25, 0.3) is 33.2 Å². The molecule has 0 saturated heterocycles. The van der Waals surface area contributed by atoms with Gasteiger partial charge in [0, 0.05) is 13.1 Å². The molecule has 0 radical (unpaired) electrons. The summed E-state index contributed by atoms with van der Waals surface area (Å²) < 4.78 is 12.6. The molecule has 0 atom stereocenters. The van der Waals surface area contributed by atoms with E-state index in [-0.39, 0.29) is 0 Å². The SMILES string of the molecule is Cc1nn(C)c2nc(OCc3ccc4nonc4c3)cc(-c3ccccc3)c12. The Morgan fingerprint density at radius 3 is 2.68 bits per heavy atom. The minimum Gasteiger partial charge on any atom is -0.473 e. The van der Waals surface area contributed by atoms with E-state index in [0.29, 0.717) is 18.0 Å². The highest BCUT2D eigenvalue weighted by atomic mass is 16.6. The fourth-order valence-corrected chi connectivity index (χ4v) is 3.42. The van der Waals surface area contributed by atoms with Crippen molar-refractivity contribution in [3.05, 3.63) is 65.9 Å². The van der Waals surface area contributed by atoms with Gasteiger partial charge in [-0.15, -0.1) is 0 Å². The summed E-state index contributed by atoms with van der Waals surface area (Å²) in [6, 6.07) is 17.9. The lowest BCUT2D eigenvalue weighted by atomic mass is 10.0. The predicted molar refractivity (Wildman–Crippen MR) is 105 cm³/mol. The lowest BCUT2D eigenvalue weighted by molar-refractivity contribution is 0.295. The van der Waals surface area contributed by atoms with Gasteiger partial charge in [0.25, 0.3) is 0 Å². The molecule has 0 unspecified atom stereocenters.